The van der Waals surface area contributed by atoms with Crippen LogP contribution in [0.1, 0.15) is 5.56 Å². The summed E-state index contributed by atoms with van der Waals surface area (Å²) in [4.78, 5) is 23.2. The predicted molar refractivity (Wildman–Crippen MR) is 81.8 cm³/mol. The zero-order valence-electron chi connectivity index (χ0n) is 12.5. The lowest BCUT2D eigenvalue weighted by Gasteiger charge is -2.14. The third-order valence-corrected chi connectivity index (χ3v) is 2.84. The summed E-state index contributed by atoms with van der Waals surface area (Å²) < 4.78 is 4.74. The number of hydrogen-bond donors (Lipinski definition) is 5. The highest BCUT2D eigenvalue weighted by atomic mass is 16.5. The van der Waals surface area contributed by atoms with E-state index < -0.39 is 18.7 Å². The molecule has 0 heterocycles. The first-order chi connectivity index (χ1) is 10.5. The van der Waals surface area contributed by atoms with E-state index in [-0.39, 0.29) is 19.1 Å². The average molecular weight is 311 g/mol. The Bertz CT molecular complexity index is 521. The molecule has 0 aliphatic heterocycles. The van der Waals surface area contributed by atoms with Gasteiger partial charge in [-0.15, -0.1) is 0 Å². The Hall–Kier alpha value is -2.16. The number of aliphatic hydroxyl groups is 2. The fourth-order valence-corrected chi connectivity index (χ4v) is 1.67. The van der Waals surface area contributed by atoms with Crippen LogP contribution >= 0.6 is 0 Å². The summed E-state index contributed by atoms with van der Waals surface area (Å²) in [6.07, 6.45) is -1.01. The van der Waals surface area contributed by atoms with Crippen LogP contribution in [-0.4, -0.2) is 55.1 Å². The molecule has 0 saturated heterocycles. The predicted octanol–water partition coefficient (Wildman–Crippen LogP) is 0.0546. The molecule has 0 saturated carbocycles. The van der Waals surface area contributed by atoms with Crippen LogP contribution in [-0.2, 0) is 9.53 Å². The fraction of sp³-hybridized carbons (Fsp3) is 0.429. The highest BCUT2D eigenvalue weighted by Gasteiger charge is 2.10. The number of ether oxygens (including phenoxy) is 1. The van der Waals surface area contributed by atoms with Crippen molar-refractivity contribution in [1.29, 1.82) is 0 Å². The van der Waals surface area contributed by atoms with Crippen molar-refractivity contribution in [1.82, 2.24) is 5.32 Å². The standard InChI is InChI=1S/C14H21N3O5/c1-9-11(16-13(20)8-22-2)4-3-5-12(9)17-14(21)15-6-10(19)7-18/h3-5,10,18-19H,6-8H2,1-2H3,(H,16,20)(H2,15,17,21). The Balaban J connectivity index is 2.67. The van der Waals surface area contributed by atoms with Crippen LogP contribution in [0.15, 0.2) is 18.2 Å². The van der Waals surface area contributed by atoms with Crippen molar-refractivity contribution >= 4 is 23.3 Å². The number of carbonyl (C=O) groups excluding carboxylic acids is 2. The summed E-state index contributed by atoms with van der Waals surface area (Å²) in [6, 6.07) is 4.56. The Labute approximate surface area is 128 Å². The van der Waals surface area contributed by atoms with Crippen molar-refractivity contribution in [2.45, 2.75) is 13.0 Å². The monoisotopic (exact) mass is 311 g/mol. The minimum absolute atomic E-state index is 0.0589. The van der Waals surface area contributed by atoms with Crippen LogP contribution in [0.5, 0.6) is 0 Å². The normalized spacial score (nSPS) is 11.6. The number of methoxy groups -OCH3 is 1. The molecule has 122 valence electrons. The molecule has 8 heteroatoms. The second kappa shape index (κ2) is 8.98. The van der Waals surface area contributed by atoms with Crippen molar-refractivity contribution in [3.05, 3.63) is 23.8 Å². The van der Waals surface area contributed by atoms with Gasteiger partial charge < -0.3 is 30.9 Å². The Morgan fingerprint density at radius 1 is 1.27 bits per heavy atom. The lowest BCUT2D eigenvalue weighted by Crippen LogP contribution is -2.36. The zero-order chi connectivity index (χ0) is 16.5. The molecule has 5 N–H and O–H groups in total. The molecule has 1 atom stereocenters. The third kappa shape index (κ3) is 5.68. The SMILES string of the molecule is COCC(=O)Nc1cccc(NC(=O)NCC(O)CO)c1C. The van der Waals surface area contributed by atoms with Crippen molar-refractivity contribution in [3.63, 3.8) is 0 Å². The summed E-state index contributed by atoms with van der Waals surface area (Å²) in [6.45, 7) is 1.20. The highest BCUT2D eigenvalue weighted by molar-refractivity contribution is 5.95. The maximum absolute atomic E-state index is 11.7. The molecule has 8 nitrogen and oxygen atoms in total. The molecule has 1 rings (SSSR count). The topological polar surface area (TPSA) is 120 Å². The first-order valence-electron chi connectivity index (χ1n) is 6.70. The molecule has 0 bridgehead atoms. The van der Waals surface area contributed by atoms with Gasteiger partial charge in [0, 0.05) is 25.0 Å². The van der Waals surface area contributed by atoms with Gasteiger partial charge in [-0.05, 0) is 24.6 Å². The number of carbonyl (C=O) groups is 2. The molecule has 1 unspecified atom stereocenters. The second-order valence-electron chi connectivity index (χ2n) is 4.63. The number of benzene rings is 1. The van der Waals surface area contributed by atoms with Gasteiger partial charge in [-0.25, -0.2) is 4.79 Å². The minimum Gasteiger partial charge on any atom is -0.394 e. The van der Waals surface area contributed by atoms with Crippen LogP contribution in [0.3, 0.4) is 0 Å². The number of hydrogen-bond acceptors (Lipinski definition) is 5. The number of aliphatic hydroxyl groups excluding tert-OH is 2. The third-order valence-electron chi connectivity index (χ3n) is 2.84. The first kappa shape index (κ1) is 17.9. The molecular weight excluding hydrogens is 290 g/mol. The van der Waals surface area contributed by atoms with Gasteiger partial charge >= 0.3 is 6.03 Å². The summed E-state index contributed by atoms with van der Waals surface area (Å²) >= 11 is 0. The molecule has 0 aliphatic carbocycles. The number of amides is 3. The lowest BCUT2D eigenvalue weighted by molar-refractivity contribution is -0.119. The van der Waals surface area contributed by atoms with E-state index >= 15 is 0 Å². The van der Waals surface area contributed by atoms with Crippen molar-refractivity contribution < 1.29 is 24.5 Å². The number of nitrogens with one attached hydrogen (secondary N) is 3. The van der Waals surface area contributed by atoms with Gasteiger partial charge in [0.2, 0.25) is 5.91 Å². The highest BCUT2D eigenvalue weighted by Crippen LogP contribution is 2.23. The summed E-state index contributed by atoms with van der Waals surface area (Å²) in [5.74, 6) is -0.293. The molecule has 0 aromatic heterocycles. The molecule has 3 amide bonds. The van der Waals surface area contributed by atoms with Gasteiger partial charge in [0.05, 0.1) is 12.7 Å². The number of urea groups is 1. The zero-order valence-corrected chi connectivity index (χ0v) is 12.5. The Morgan fingerprint density at radius 3 is 2.50 bits per heavy atom. The summed E-state index contributed by atoms with van der Waals surface area (Å²) in [5, 5.41) is 25.6. The van der Waals surface area contributed by atoms with Crippen molar-refractivity contribution in [2.75, 3.05) is 37.5 Å². The van der Waals surface area contributed by atoms with Gasteiger partial charge in [0.25, 0.3) is 0 Å². The largest absolute Gasteiger partial charge is 0.394 e. The van der Waals surface area contributed by atoms with E-state index in [9.17, 15) is 9.59 Å². The Kier molecular flexibility index (Phi) is 7.30. The minimum atomic E-state index is -1.01. The van der Waals surface area contributed by atoms with Crippen LogP contribution in [0.4, 0.5) is 16.2 Å². The van der Waals surface area contributed by atoms with E-state index in [0.717, 1.165) is 0 Å². The van der Waals surface area contributed by atoms with Crippen LogP contribution in [0.25, 0.3) is 0 Å². The van der Waals surface area contributed by atoms with E-state index in [1.54, 1.807) is 25.1 Å². The fourth-order valence-electron chi connectivity index (χ4n) is 1.67. The lowest BCUT2D eigenvalue weighted by atomic mass is 10.1. The van der Waals surface area contributed by atoms with E-state index in [1.165, 1.54) is 7.11 Å². The molecule has 1 aromatic carbocycles. The second-order valence-corrected chi connectivity index (χ2v) is 4.63. The van der Waals surface area contributed by atoms with Gasteiger partial charge in [-0.2, -0.15) is 0 Å². The van der Waals surface area contributed by atoms with E-state index in [2.05, 4.69) is 16.0 Å². The van der Waals surface area contributed by atoms with E-state index in [4.69, 9.17) is 14.9 Å². The summed E-state index contributed by atoms with van der Waals surface area (Å²) in [5.41, 5.74) is 1.77. The Morgan fingerprint density at radius 2 is 1.91 bits per heavy atom. The van der Waals surface area contributed by atoms with Gasteiger partial charge in [0.1, 0.15) is 6.61 Å². The molecule has 0 fully saturated rings. The van der Waals surface area contributed by atoms with Crippen LogP contribution in [0, 0.1) is 6.92 Å². The smallest absolute Gasteiger partial charge is 0.319 e. The first-order valence-corrected chi connectivity index (χ1v) is 6.70. The van der Waals surface area contributed by atoms with Gasteiger partial charge in [0.15, 0.2) is 0 Å². The molecule has 0 spiro atoms. The van der Waals surface area contributed by atoms with E-state index in [1.807, 2.05) is 0 Å². The molecule has 0 radical (unpaired) electrons. The molecule has 22 heavy (non-hydrogen) atoms. The molecule has 1 aromatic rings. The molecule has 0 aliphatic rings. The average Bonchev–Trinajstić information content (AvgIpc) is 2.49. The van der Waals surface area contributed by atoms with Crippen LogP contribution in [0.2, 0.25) is 0 Å². The van der Waals surface area contributed by atoms with Gasteiger partial charge in [-0.3, -0.25) is 4.79 Å². The summed E-state index contributed by atoms with van der Waals surface area (Å²) in [7, 11) is 1.43. The van der Waals surface area contributed by atoms with E-state index in [0.29, 0.717) is 16.9 Å². The van der Waals surface area contributed by atoms with Crippen molar-refractivity contribution in [3.8, 4) is 0 Å². The quantitative estimate of drug-likeness (QED) is 0.487. The maximum Gasteiger partial charge on any atom is 0.319 e. The maximum atomic E-state index is 11.7. The number of anilines is 2. The number of rotatable bonds is 7. The van der Waals surface area contributed by atoms with Gasteiger partial charge in [-0.1, -0.05) is 6.07 Å². The van der Waals surface area contributed by atoms with Crippen molar-refractivity contribution in [2.24, 2.45) is 0 Å². The molecular formula is C14H21N3O5. The van der Waals surface area contributed by atoms with Crippen LogP contribution < -0.4 is 16.0 Å².